The Bertz CT molecular complexity index is 1260. The van der Waals surface area contributed by atoms with E-state index >= 15 is 0 Å². The molecule has 0 aliphatic rings. The number of carbonyl (C=O) groups is 3. The number of nitrogens with one attached hydrogen (secondary N) is 4. The number of para-hydroxylation sites is 2. The molecular formula is C21H20N4O6S2. The van der Waals surface area contributed by atoms with Gasteiger partial charge in [-0.1, -0.05) is 24.3 Å². The minimum absolute atomic E-state index is 0.000762. The molecule has 0 atom stereocenters. The van der Waals surface area contributed by atoms with Gasteiger partial charge in [-0.05, 0) is 41.8 Å². The third-order valence-corrected chi connectivity index (χ3v) is 6.46. The Hall–Kier alpha value is -3.90. The van der Waals surface area contributed by atoms with Crippen LogP contribution in [-0.2, 0) is 14.8 Å². The van der Waals surface area contributed by atoms with Gasteiger partial charge >= 0.3 is 0 Å². The summed E-state index contributed by atoms with van der Waals surface area (Å²) in [5.41, 5.74) is 4.59. The molecule has 4 N–H and O–H groups in total. The van der Waals surface area contributed by atoms with Crippen LogP contribution in [0.25, 0.3) is 0 Å². The highest BCUT2D eigenvalue weighted by molar-refractivity contribution is 7.92. The van der Waals surface area contributed by atoms with Crippen LogP contribution in [-0.4, -0.2) is 39.8 Å². The van der Waals surface area contributed by atoms with E-state index in [0.29, 0.717) is 10.6 Å². The summed E-state index contributed by atoms with van der Waals surface area (Å²) in [6.45, 7) is -0.353. The predicted octanol–water partition coefficient (Wildman–Crippen LogP) is 1.75. The summed E-state index contributed by atoms with van der Waals surface area (Å²) in [5.74, 6) is -1.46. The van der Waals surface area contributed by atoms with Crippen molar-refractivity contribution in [2.75, 3.05) is 18.4 Å². The molecule has 0 aliphatic carbocycles. The second-order valence-electron chi connectivity index (χ2n) is 6.50. The zero-order valence-corrected chi connectivity index (χ0v) is 19.0. The van der Waals surface area contributed by atoms with Gasteiger partial charge in [-0.2, -0.15) is 0 Å². The number of amides is 3. The number of carbonyl (C=O) groups excluding carboxylic acids is 3. The summed E-state index contributed by atoms with van der Waals surface area (Å²) in [6, 6.07) is 15.1. The number of benzene rings is 2. The van der Waals surface area contributed by atoms with Crippen LogP contribution in [0.2, 0.25) is 0 Å². The molecule has 0 fully saturated rings. The molecule has 10 nitrogen and oxygen atoms in total. The first-order chi connectivity index (χ1) is 15.8. The minimum Gasteiger partial charge on any atom is -0.495 e. The molecule has 0 bridgehead atoms. The van der Waals surface area contributed by atoms with Crippen LogP contribution in [0, 0.1) is 0 Å². The Balaban J connectivity index is 1.59. The average Bonchev–Trinajstić information content (AvgIpc) is 3.36. The minimum atomic E-state index is -4.02. The lowest BCUT2D eigenvalue weighted by atomic mass is 10.2. The highest BCUT2D eigenvalue weighted by Gasteiger charge is 2.18. The monoisotopic (exact) mass is 488 g/mol. The van der Waals surface area contributed by atoms with Crippen LogP contribution < -0.4 is 25.6 Å². The van der Waals surface area contributed by atoms with Gasteiger partial charge in [0.05, 0.1) is 29.1 Å². The van der Waals surface area contributed by atoms with Crippen LogP contribution in [0.3, 0.4) is 0 Å². The number of sulfonamides is 1. The fourth-order valence-electron chi connectivity index (χ4n) is 2.64. The second-order valence-corrected chi connectivity index (χ2v) is 9.13. The van der Waals surface area contributed by atoms with E-state index in [1.165, 1.54) is 36.6 Å². The van der Waals surface area contributed by atoms with Crippen molar-refractivity contribution in [2.24, 2.45) is 0 Å². The van der Waals surface area contributed by atoms with Crippen LogP contribution in [0.15, 0.2) is 70.9 Å². The van der Waals surface area contributed by atoms with Crippen molar-refractivity contribution in [3.8, 4) is 5.75 Å². The average molecular weight is 489 g/mol. The van der Waals surface area contributed by atoms with Gasteiger partial charge in [0.15, 0.2) is 0 Å². The van der Waals surface area contributed by atoms with E-state index in [2.05, 4.69) is 20.9 Å². The molecule has 33 heavy (non-hydrogen) atoms. The van der Waals surface area contributed by atoms with E-state index in [1.54, 1.807) is 41.8 Å². The lowest BCUT2D eigenvalue weighted by Gasteiger charge is -2.12. The molecule has 0 radical (unpaired) electrons. The van der Waals surface area contributed by atoms with Gasteiger partial charge in [-0.3, -0.25) is 30.0 Å². The molecule has 1 aromatic heterocycles. The summed E-state index contributed by atoms with van der Waals surface area (Å²) < 4.78 is 33.1. The summed E-state index contributed by atoms with van der Waals surface area (Å²) >= 11 is 1.23. The number of hydrogen-bond donors (Lipinski definition) is 4. The van der Waals surface area contributed by atoms with Crippen molar-refractivity contribution in [2.45, 2.75) is 4.90 Å². The second kappa shape index (κ2) is 10.6. The van der Waals surface area contributed by atoms with Gasteiger partial charge in [-0.15, -0.1) is 11.3 Å². The normalized spacial score (nSPS) is 10.7. The van der Waals surface area contributed by atoms with Gasteiger partial charge in [0.25, 0.3) is 27.7 Å². The first-order valence-electron chi connectivity index (χ1n) is 9.47. The van der Waals surface area contributed by atoms with Gasteiger partial charge in [0.2, 0.25) is 0 Å². The van der Waals surface area contributed by atoms with Crippen molar-refractivity contribution < 1.29 is 27.5 Å². The smallest absolute Gasteiger partial charge is 0.269 e. The predicted molar refractivity (Wildman–Crippen MR) is 123 cm³/mol. The lowest BCUT2D eigenvalue weighted by Crippen LogP contribution is -2.46. The van der Waals surface area contributed by atoms with Gasteiger partial charge < -0.3 is 10.1 Å². The Morgan fingerprint density at radius 3 is 2.45 bits per heavy atom. The summed E-state index contributed by atoms with van der Waals surface area (Å²) in [6.07, 6.45) is 0. The van der Waals surface area contributed by atoms with Crippen molar-refractivity contribution in [1.29, 1.82) is 0 Å². The van der Waals surface area contributed by atoms with Crippen molar-refractivity contribution >= 4 is 44.8 Å². The molecule has 3 rings (SSSR count). The van der Waals surface area contributed by atoms with Crippen molar-refractivity contribution in [3.05, 3.63) is 76.5 Å². The topological polar surface area (TPSA) is 143 Å². The number of hydrazine groups is 1. The van der Waals surface area contributed by atoms with Crippen LogP contribution in [0.4, 0.5) is 5.69 Å². The third kappa shape index (κ3) is 6.30. The first kappa shape index (κ1) is 23.8. The Kier molecular flexibility index (Phi) is 7.64. The quantitative estimate of drug-likeness (QED) is 0.356. The highest BCUT2D eigenvalue weighted by Crippen LogP contribution is 2.26. The number of ether oxygens (including phenoxy) is 1. The molecule has 0 saturated heterocycles. The molecule has 0 aliphatic heterocycles. The SMILES string of the molecule is COc1ccccc1NS(=O)(=O)c1cccc(C(=O)NNC(=O)CNC(=O)c2cccs2)c1. The fraction of sp³-hybridized carbons (Fsp3) is 0.0952. The van der Waals surface area contributed by atoms with E-state index in [1.807, 2.05) is 0 Å². The molecule has 12 heteroatoms. The Morgan fingerprint density at radius 1 is 0.939 bits per heavy atom. The number of thiophene rings is 1. The van der Waals surface area contributed by atoms with E-state index in [-0.39, 0.29) is 22.7 Å². The largest absolute Gasteiger partial charge is 0.495 e. The van der Waals surface area contributed by atoms with E-state index in [0.717, 1.165) is 6.07 Å². The van der Waals surface area contributed by atoms with Crippen LogP contribution >= 0.6 is 11.3 Å². The number of rotatable bonds is 8. The molecule has 172 valence electrons. The maximum absolute atomic E-state index is 12.7. The molecule has 3 aromatic rings. The number of anilines is 1. The van der Waals surface area contributed by atoms with Gasteiger partial charge in [-0.25, -0.2) is 8.42 Å². The molecular weight excluding hydrogens is 468 g/mol. The third-order valence-electron chi connectivity index (χ3n) is 4.23. The van der Waals surface area contributed by atoms with Crippen LogP contribution in [0.1, 0.15) is 20.0 Å². The zero-order valence-electron chi connectivity index (χ0n) is 17.3. The van der Waals surface area contributed by atoms with Gasteiger partial charge in [0.1, 0.15) is 5.75 Å². The van der Waals surface area contributed by atoms with E-state index in [4.69, 9.17) is 4.74 Å². The molecule has 1 heterocycles. The standard InChI is InChI=1S/C21H20N4O6S2/c1-31-17-9-3-2-8-16(17)25-33(29,30)15-7-4-6-14(12-15)20(27)24-23-19(26)13-22-21(28)18-10-5-11-32-18/h2-12,25H,13H2,1H3,(H,22,28)(H,23,26)(H,24,27). The molecule has 2 aromatic carbocycles. The van der Waals surface area contributed by atoms with Crippen LogP contribution in [0.5, 0.6) is 5.75 Å². The summed E-state index contributed by atoms with van der Waals surface area (Å²) in [4.78, 5) is 36.4. The molecule has 0 saturated carbocycles. The van der Waals surface area contributed by atoms with Crippen molar-refractivity contribution in [3.63, 3.8) is 0 Å². The molecule has 0 unspecified atom stereocenters. The van der Waals surface area contributed by atoms with E-state index in [9.17, 15) is 22.8 Å². The Morgan fingerprint density at radius 2 is 1.73 bits per heavy atom. The van der Waals surface area contributed by atoms with E-state index < -0.39 is 27.7 Å². The lowest BCUT2D eigenvalue weighted by molar-refractivity contribution is -0.120. The Labute approximate surface area is 194 Å². The van der Waals surface area contributed by atoms with Crippen molar-refractivity contribution in [1.82, 2.24) is 16.2 Å². The first-order valence-corrected chi connectivity index (χ1v) is 11.8. The fourth-order valence-corrected chi connectivity index (χ4v) is 4.39. The number of methoxy groups -OCH3 is 1. The molecule has 0 spiro atoms. The van der Waals surface area contributed by atoms with Gasteiger partial charge in [0, 0.05) is 5.56 Å². The summed E-state index contributed by atoms with van der Waals surface area (Å²) in [5, 5.41) is 4.15. The molecule has 3 amide bonds. The highest BCUT2D eigenvalue weighted by atomic mass is 32.2. The zero-order chi connectivity index (χ0) is 23.8. The number of hydrogen-bond acceptors (Lipinski definition) is 7. The summed E-state index contributed by atoms with van der Waals surface area (Å²) in [7, 11) is -2.60. The maximum Gasteiger partial charge on any atom is 0.269 e. The maximum atomic E-state index is 12.7.